The molecule has 0 fully saturated rings. The maximum Gasteiger partial charge on any atom is 0.0945 e. The van der Waals surface area contributed by atoms with E-state index in [-0.39, 0.29) is 12.1 Å². The van der Waals surface area contributed by atoms with Crippen LogP contribution in [0.15, 0.2) is 0 Å². The number of rotatable bonds is 3. The Balaban J connectivity index is 3.37. The first-order valence-corrected chi connectivity index (χ1v) is 3.86. The Hall–Kier alpha value is 0.410. The van der Waals surface area contributed by atoms with Crippen LogP contribution in [0.25, 0.3) is 0 Å². The predicted octanol–water partition coefficient (Wildman–Crippen LogP) is 2.77. The maximum absolute atomic E-state index is 11.9. The molecule has 0 atom stereocenters. The van der Waals surface area contributed by atoms with Crippen molar-refractivity contribution in [2.45, 2.75) is 20.3 Å². The summed E-state index contributed by atoms with van der Waals surface area (Å²) < 4.78 is 11.9. The van der Waals surface area contributed by atoms with Gasteiger partial charge in [0.05, 0.1) is 6.67 Å². The summed E-state index contributed by atoms with van der Waals surface area (Å²) in [5.41, 5.74) is -0.122. The maximum atomic E-state index is 11.9. The Morgan fingerprint density at radius 2 is 2.00 bits per heavy atom. The largest absolute Gasteiger partial charge is 0.251 e. The minimum Gasteiger partial charge on any atom is -0.251 e. The van der Waals surface area contributed by atoms with Gasteiger partial charge in [-0.15, -0.1) is 0 Å². The summed E-state index contributed by atoms with van der Waals surface area (Å²) in [7, 11) is 0. The molecule has 0 radical (unpaired) electrons. The molecule has 2 heteroatoms. The van der Waals surface area contributed by atoms with Crippen molar-refractivity contribution >= 4 is 15.9 Å². The van der Waals surface area contributed by atoms with Gasteiger partial charge in [0.2, 0.25) is 0 Å². The number of hydrogen-bond donors (Lipinski definition) is 0. The fourth-order valence-corrected chi connectivity index (χ4v) is 1.40. The van der Waals surface area contributed by atoms with E-state index in [0.29, 0.717) is 0 Å². The Morgan fingerprint density at radius 3 is 2.12 bits per heavy atom. The van der Waals surface area contributed by atoms with E-state index in [2.05, 4.69) is 15.9 Å². The Morgan fingerprint density at radius 1 is 1.50 bits per heavy atom. The zero-order valence-corrected chi connectivity index (χ0v) is 6.96. The second kappa shape index (κ2) is 3.44. The van der Waals surface area contributed by atoms with Gasteiger partial charge in [0.1, 0.15) is 0 Å². The molecule has 0 aromatic carbocycles. The summed E-state index contributed by atoms with van der Waals surface area (Å²) in [6, 6.07) is 0. The minimum absolute atomic E-state index is 0.122. The van der Waals surface area contributed by atoms with Crippen molar-refractivity contribution in [3.05, 3.63) is 0 Å². The Kier molecular flexibility index (Phi) is 3.61. The summed E-state index contributed by atoms with van der Waals surface area (Å²) >= 11 is 3.26. The fraction of sp³-hybridized carbons (Fsp3) is 1.00. The van der Waals surface area contributed by atoms with Gasteiger partial charge in [-0.1, -0.05) is 29.8 Å². The van der Waals surface area contributed by atoms with Gasteiger partial charge in [-0.05, 0) is 11.8 Å². The molecule has 0 aliphatic rings. The van der Waals surface area contributed by atoms with Crippen LogP contribution in [0.3, 0.4) is 0 Å². The minimum atomic E-state index is -0.224. The van der Waals surface area contributed by atoms with Crippen LogP contribution in [0.2, 0.25) is 0 Å². The molecule has 0 unspecified atom stereocenters. The number of hydrogen-bond acceptors (Lipinski definition) is 0. The molecule has 0 saturated heterocycles. The zero-order chi connectivity index (χ0) is 6.62. The van der Waals surface area contributed by atoms with E-state index in [1.54, 1.807) is 0 Å². The molecule has 8 heavy (non-hydrogen) atoms. The normalized spacial score (nSPS) is 12.0. The lowest BCUT2D eigenvalue weighted by Gasteiger charge is -2.17. The molecule has 0 saturated carbocycles. The first kappa shape index (κ1) is 8.41. The highest BCUT2D eigenvalue weighted by molar-refractivity contribution is 9.09. The molecule has 0 amide bonds. The predicted molar refractivity (Wildman–Crippen MR) is 38.2 cm³/mol. The van der Waals surface area contributed by atoms with Crippen LogP contribution in [0.1, 0.15) is 20.3 Å². The highest BCUT2D eigenvalue weighted by atomic mass is 79.9. The quantitative estimate of drug-likeness (QED) is 0.590. The Labute approximate surface area is 58.6 Å². The van der Waals surface area contributed by atoms with Gasteiger partial charge in [0, 0.05) is 5.33 Å². The standard InChI is InChI=1S/C6H12BrF/c1-6(2,5-8)3-4-7/h3-5H2,1-2H3. The van der Waals surface area contributed by atoms with E-state index in [0.717, 1.165) is 11.8 Å². The van der Waals surface area contributed by atoms with Crippen molar-refractivity contribution in [2.75, 3.05) is 12.0 Å². The third-order valence-electron chi connectivity index (χ3n) is 1.13. The van der Waals surface area contributed by atoms with Crippen molar-refractivity contribution in [2.24, 2.45) is 5.41 Å². The molecular formula is C6H12BrF. The van der Waals surface area contributed by atoms with E-state index in [9.17, 15) is 4.39 Å². The topological polar surface area (TPSA) is 0 Å². The van der Waals surface area contributed by atoms with Crippen LogP contribution in [0, 0.1) is 5.41 Å². The third-order valence-corrected chi connectivity index (χ3v) is 1.53. The highest BCUT2D eigenvalue weighted by Crippen LogP contribution is 2.20. The van der Waals surface area contributed by atoms with Crippen molar-refractivity contribution in [1.82, 2.24) is 0 Å². The molecule has 0 bridgehead atoms. The molecule has 0 N–H and O–H groups in total. The third kappa shape index (κ3) is 3.42. The fourth-order valence-electron chi connectivity index (χ4n) is 0.323. The van der Waals surface area contributed by atoms with E-state index in [1.165, 1.54) is 0 Å². The zero-order valence-electron chi connectivity index (χ0n) is 5.38. The molecule has 0 heterocycles. The van der Waals surface area contributed by atoms with Gasteiger partial charge in [-0.25, -0.2) is 0 Å². The van der Waals surface area contributed by atoms with Gasteiger partial charge < -0.3 is 0 Å². The summed E-state index contributed by atoms with van der Waals surface area (Å²) in [6.07, 6.45) is 0.906. The lowest BCUT2D eigenvalue weighted by atomic mass is 9.93. The molecule has 0 nitrogen and oxygen atoms in total. The van der Waals surface area contributed by atoms with Gasteiger partial charge in [0.25, 0.3) is 0 Å². The molecule has 0 rings (SSSR count). The van der Waals surface area contributed by atoms with Crippen molar-refractivity contribution in [3.63, 3.8) is 0 Å². The second-order valence-electron chi connectivity index (χ2n) is 2.74. The summed E-state index contributed by atoms with van der Waals surface area (Å²) in [6.45, 7) is 3.63. The van der Waals surface area contributed by atoms with Crippen LogP contribution < -0.4 is 0 Å². The molecular weight excluding hydrogens is 171 g/mol. The summed E-state index contributed by atoms with van der Waals surface area (Å²) in [5, 5.41) is 0.893. The molecule has 0 spiro atoms. The van der Waals surface area contributed by atoms with Crippen molar-refractivity contribution in [1.29, 1.82) is 0 Å². The Bertz CT molecular complexity index is 61.5. The highest BCUT2D eigenvalue weighted by Gasteiger charge is 2.15. The monoisotopic (exact) mass is 182 g/mol. The van der Waals surface area contributed by atoms with Crippen LogP contribution in [0.4, 0.5) is 4.39 Å². The van der Waals surface area contributed by atoms with Crippen molar-refractivity contribution < 1.29 is 4.39 Å². The van der Waals surface area contributed by atoms with E-state index in [1.807, 2.05) is 13.8 Å². The molecule has 0 aliphatic carbocycles. The number of halogens is 2. The lowest BCUT2D eigenvalue weighted by Crippen LogP contribution is -2.13. The van der Waals surface area contributed by atoms with Crippen LogP contribution in [-0.4, -0.2) is 12.0 Å². The van der Waals surface area contributed by atoms with E-state index in [4.69, 9.17) is 0 Å². The second-order valence-corrected chi connectivity index (χ2v) is 3.53. The van der Waals surface area contributed by atoms with Crippen LogP contribution in [0.5, 0.6) is 0 Å². The average Bonchev–Trinajstić information content (AvgIpc) is 1.67. The molecule has 0 aromatic heterocycles. The SMILES string of the molecule is CC(C)(CF)CCBr. The van der Waals surface area contributed by atoms with Gasteiger partial charge >= 0.3 is 0 Å². The molecule has 50 valence electrons. The van der Waals surface area contributed by atoms with Crippen molar-refractivity contribution in [3.8, 4) is 0 Å². The summed E-state index contributed by atoms with van der Waals surface area (Å²) in [4.78, 5) is 0. The van der Waals surface area contributed by atoms with Crippen LogP contribution in [-0.2, 0) is 0 Å². The van der Waals surface area contributed by atoms with Gasteiger partial charge in [-0.3, -0.25) is 4.39 Å². The van der Waals surface area contributed by atoms with Gasteiger partial charge in [0.15, 0.2) is 0 Å². The summed E-state index contributed by atoms with van der Waals surface area (Å²) in [5.74, 6) is 0. The lowest BCUT2D eigenvalue weighted by molar-refractivity contribution is 0.252. The van der Waals surface area contributed by atoms with Gasteiger partial charge in [-0.2, -0.15) is 0 Å². The molecule has 0 aliphatic heterocycles. The van der Waals surface area contributed by atoms with E-state index < -0.39 is 0 Å². The first-order chi connectivity index (χ1) is 3.62. The van der Waals surface area contributed by atoms with Crippen LogP contribution >= 0.6 is 15.9 Å². The number of alkyl halides is 2. The van der Waals surface area contributed by atoms with E-state index >= 15 is 0 Å². The first-order valence-electron chi connectivity index (χ1n) is 2.74. The molecule has 0 aromatic rings. The average molecular weight is 183 g/mol. The smallest absolute Gasteiger partial charge is 0.0945 e.